The lowest BCUT2D eigenvalue weighted by Crippen LogP contribution is -2.16. The van der Waals surface area contributed by atoms with Crippen molar-refractivity contribution >= 4 is 0 Å². The van der Waals surface area contributed by atoms with Crippen LogP contribution in [0.5, 0.6) is 0 Å². The minimum atomic E-state index is -0.0890. The predicted octanol–water partition coefficient (Wildman–Crippen LogP) is 29.3. The van der Waals surface area contributed by atoms with Gasteiger partial charge in [-0.2, -0.15) is 0 Å². The van der Waals surface area contributed by atoms with E-state index in [4.69, 9.17) is 59.8 Å². The molecule has 0 atom stereocenters. The maximum Gasteiger partial charge on any atom is 0.164 e. The first kappa shape index (κ1) is 89.4. The van der Waals surface area contributed by atoms with E-state index in [-0.39, 0.29) is 27.1 Å². The highest BCUT2D eigenvalue weighted by molar-refractivity contribution is 5.75. The molecule has 0 bridgehead atoms. The third-order valence-electron chi connectivity index (χ3n) is 21.4. The van der Waals surface area contributed by atoms with Gasteiger partial charge >= 0.3 is 0 Å². The first-order valence-corrected chi connectivity index (χ1v) is 43.7. The Morgan fingerprint density at radius 2 is 0.336 bits per heavy atom. The molecule has 0 fully saturated rings. The smallest absolute Gasteiger partial charge is 0.164 e. The van der Waals surface area contributed by atoms with Crippen molar-refractivity contribution in [3.05, 3.63) is 423 Å². The molecule has 0 N–H and O–H groups in total. The predicted molar refractivity (Wildman–Crippen MR) is 530 cm³/mol. The molecular formula is C116H110N12. The van der Waals surface area contributed by atoms with Gasteiger partial charge in [0.1, 0.15) is 5.82 Å². The van der Waals surface area contributed by atoms with Crippen LogP contribution in [0.3, 0.4) is 0 Å². The lowest BCUT2D eigenvalue weighted by Gasteiger charge is -2.19. The van der Waals surface area contributed by atoms with E-state index >= 15 is 0 Å². The summed E-state index contributed by atoms with van der Waals surface area (Å²) in [4.78, 5) is 57.6. The Labute approximate surface area is 755 Å². The third kappa shape index (κ3) is 24.0. The standard InChI is InChI=1S/C26H24N2.2C25H23N3.2C20H20N2/c1-26(2,3)22-16-10-15-21(17-22)25-27-23(19-11-6-4-7-12-19)18-24(28-25)20-13-8-5-9-14-20;1-25(2,3)21-16-10-15-20(17-21)24-27-22(18-11-6-4-7-12-18)26-23(28-24)19-13-8-5-9-14-19;1-25(2,3)21-16-14-20(15-17-21)24-27-22(18-10-6-4-7-11-18)26-23(28-24)19-12-8-5-9-13-19;1-20(2,3)18-14-17(15-10-6-4-7-11-15)21-19(22-18)16-12-8-5-9-13-16;1-20(2,3)19-21-17(15-10-6-4-7-11-15)14-18(22-19)16-12-8-5-9-13-16/h4-18H,1-3H3;2*4-17H,1-3H3;2*4-14H,1-3H3. The van der Waals surface area contributed by atoms with Gasteiger partial charge in [0.25, 0.3) is 0 Å². The summed E-state index contributed by atoms with van der Waals surface area (Å²) in [5.74, 6) is 6.53. The molecule has 0 aliphatic heterocycles. The molecule has 5 heterocycles. The third-order valence-corrected chi connectivity index (χ3v) is 21.4. The Balaban J connectivity index is 0.000000130. The molecule has 0 aliphatic carbocycles. The van der Waals surface area contributed by atoms with Crippen LogP contribution in [0.4, 0.5) is 0 Å². The summed E-state index contributed by atoms with van der Waals surface area (Å²) in [5.41, 5.74) is 23.4. The van der Waals surface area contributed by atoms with Crippen LogP contribution in [-0.4, -0.2) is 59.8 Å². The van der Waals surface area contributed by atoms with Crippen LogP contribution in [0.2, 0.25) is 0 Å². The number of rotatable bonds is 13. The lowest BCUT2D eigenvalue weighted by molar-refractivity contribution is 0.547. The second kappa shape index (κ2) is 40.4. The minimum Gasteiger partial charge on any atom is -0.232 e. The van der Waals surface area contributed by atoms with E-state index in [1.165, 1.54) is 16.7 Å². The van der Waals surface area contributed by atoms with E-state index in [1.54, 1.807) is 0 Å². The molecule has 18 rings (SSSR count). The van der Waals surface area contributed by atoms with Crippen LogP contribution in [0, 0.1) is 0 Å². The molecule has 634 valence electrons. The molecule has 18 aromatic rings. The molecule has 0 saturated heterocycles. The Bertz CT molecular complexity index is 6010. The zero-order valence-corrected chi connectivity index (χ0v) is 75.9. The molecule has 0 radical (unpaired) electrons. The van der Waals surface area contributed by atoms with Crippen molar-refractivity contribution in [3.8, 4) is 147 Å². The number of hydrogen-bond donors (Lipinski definition) is 0. The van der Waals surface area contributed by atoms with Gasteiger partial charge in [-0.1, -0.05) is 468 Å². The number of nitrogens with zero attached hydrogens (tertiary/aromatic N) is 12. The largest absolute Gasteiger partial charge is 0.232 e. The van der Waals surface area contributed by atoms with Gasteiger partial charge in [-0.15, -0.1) is 0 Å². The molecule has 0 amide bonds. The zero-order valence-electron chi connectivity index (χ0n) is 75.9. The summed E-state index contributed by atoms with van der Waals surface area (Å²) < 4.78 is 0. The summed E-state index contributed by atoms with van der Waals surface area (Å²) in [6.07, 6.45) is 0. The van der Waals surface area contributed by atoms with Gasteiger partial charge in [0.05, 0.1) is 34.2 Å². The normalized spacial score (nSPS) is 11.4. The summed E-state index contributed by atoms with van der Waals surface area (Å²) in [7, 11) is 0. The van der Waals surface area contributed by atoms with Crippen LogP contribution in [0.25, 0.3) is 147 Å². The second-order valence-corrected chi connectivity index (χ2v) is 36.6. The van der Waals surface area contributed by atoms with E-state index in [1.807, 2.05) is 231 Å². The fourth-order valence-electron chi connectivity index (χ4n) is 13.9. The molecule has 0 unspecified atom stereocenters. The highest BCUT2D eigenvalue weighted by Gasteiger charge is 2.25. The second-order valence-electron chi connectivity index (χ2n) is 36.6. The van der Waals surface area contributed by atoms with E-state index in [2.05, 4.69) is 268 Å². The van der Waals surface area contributed by atoms with E-state index < -0.39 is 0 Å². The summed E-state index contributed by atoms with van der Waals surface area (Å²) >= 11 is 0. The highest BCUT2D eigenvalue weighted by Crippen LogP contribution is 2.36. The van der Waals surface area contributed by atoms with Gasteiger partial charge in [0.2, 0.25) is 0 Å². The molecule has 13 aromatic carbocycles. The monoisotopic (exact) mass is 1670 g/mol. The Morgan fingerprint density at radius 1 is 0.133 bits per heavy atom. The molecule has 128 heavy (non-hydrogen) atoms. The zero-order chi connectivity index (χ0) is 89.8. The van der Waals surface area contributed by atoms with Crippen molar-refractivity contribution in [2.45, 2.75) is 131 Å². The van der Waals surface area contributed by atoms with Crippen molar-refractivity contribution < 1.29 is 0 Å². The van der Waals surface area contributed by atoms with E-state index in [0.29, 0.717) is 34.9 Å². The molecule has 12 nitrogen and oxygen atoms in total. The molecular weight excluding hydrogens is 1560 g/mol. The van der Waals surface area contributed by atoms with E-state index in [0.717, 1.165) is 124 Å². The number of hydrogen-bond acceptors (Lipinski definition) is 12. The summed E-state index contributed by atoms with van der Waals surface area (Å²) in [5, 5.41) is 0. The molecule has 0 saturated carbocycles. The van der Waals surface area contributed by atoms with Crippen molar-refractivity contribution in [1.29, 1.82) is 0 Å². The fourth-order valence-corrected chi connectivity index (χ4v) is 13.9. The van der Waals surface area contributed by atoms with Crippen molar-refractivity contribution in [2.75, 3.05) is 0 Å². The fraction of sp³-hybridized carbons (Fsp3) is 0.172. The van der Waals surface area contributed by atoms with Crippen molar-refractivity contribution in [1.82, 2.24) is 59.8 Å². The van der Waals surface area contributed by atoms with Crippen LogP contribution in [-0.2, 0) is 27.1 Å². The molecule has 0 spiro atoms. The van der Waals surface area contributed by atoms with Gasteiger partial charge < -0.3 is 0 Å². The highest BCUT2D eigenvalue weighted by atomic mass is 15.0. The van der Waals surface area contributed by atoms with Crippen LogP contribution in [0.15, 0.2) is 394 Å². The Kier molecular flexibility index (Phi) is 28.2. The summed E-state index contributed by atoms with van der Waals surface area (Å²) in [6, 6.07) is 134. The van der Waals surface area contributed by atoms with Gasteiger partial charge in [0, 0.05) is 83.2 Å². The topological polar surface area (TPSA) is 155 Å². The van der Waals surface area contributed by atoms with E-state index in [9.17, 15) is 0 Å². The first-order valence-electron chi connectivity index (χ1n) is 43.7. The average molecular weight is 1670 g/mol. The SMILES string of the molecule is CC(C)(C)c1cc(-c2ccccc2)nc(-c2ccccc2)n1.CC(C)(C)c1ccc(-c2nc(-c3ccccc3)nc(-c3ccccc3)n2)cc1.CC(C)(C)c1cccc(-c2nc(-c3ccccc3)cc(-c3ccccc3)n2)c1.CC(C)(C)c1cccc(-c2nc(-c3ccccc3)nc(-c3ccccc3)n2)c1.CC(C)(C)c1nc(-c2ccccc2)cc(-c2ccccc2)n1. The Morgan fingerprint density at radius 3 is 0.578 bits per heavy atom. The average Bonchev–Trinajstić information content (AvgIpc) is 0.802. The lowest BCUT2D eigenvalue weighted by atomic mass is 9.86. The van der Waals surface area contributed by atoms with Crippen LogP contribution >= 0.6 is 0 Å². The number of aromatic nitrogens is 12. The van der Waals surface area contributed by atoms with Gasteiger partial charge in [-0.25, -0.2) is 59.8 Å². The van der Waals surface area contributed by atoms with Crippen molar-refractivity contribution in [2.24, 2.45) is 0 Å². The summed E-state index contributed by atoms with van der Waals surface area (Å²) in [6.45, 7) is 32.9. The molecule has 0 aliphatic rings. The molecule has 12 heteroatoms. The van der Waals surface area contributed by atoms with Crippen LogP contribution < -0.4 is 0 Å². The minimum absolute atomic E-state index is 0.0179. The van der Waals surface area contributed by atoms with Crippen LogP contribution in [0.1, 0.15) is 132 Å². The maximum absolute atomic E-state index is 4.91. The quantitative estimate of drug-likeness (QED) is 0.108. The maximum atomic E-state index is 4.91. The number of benzene rings is 13. The van der Waals surface area contributed by atoms with Crippen molar-refractivity contribution in [3.63, 3.8) is 0 Å². The molecule has 5 aromatic heterocycles. The van der Waals surface area contributed by atoms with Gasteiger partial charge in [-0.3, -0.25) is 0 Å². The first-order chi connectivity index (χ1) is 61.6. The van der Waals surface area contributed by atoms with Gasteiger partial charge in [-0.05, 0) is 63.3 Å². The Hall–Kier alpha value is -14.9. The van der Waals surface area contributed by atoms with Gasteiger partial charge in [0.15, 0.2) is 46.6 Å².